The quantitative estimate of drug-likeness (QED) is 0.0812. The zero-order valence-electron chi connectivity index (χ0n) is 20.1. The van der Waals surface area contributed by atoms with Crippen LogP contribution in [0.2, 0.25) is 5.02 Å². The number of fused-ring (bicyclic) bond motifs is 1. The van der Waals surface area contributed by atoms with Crippen LogP contribution in [-0.4, -0.2) is 76.0 Å². The molecule has 0 radical (unpaired) electrons. The van der Waals surface area contributed by atoms with Gasteiger partial charge in [-0.25, -0.2) is 4.79 Å². The molecular weight excluding hydrogens is 540 g/mol. The number of phenols is 7. The van der Waals surface area contributed by atoms with Crippen LogP contribution in [0.15, 0.2) is 24.3 Å². The number of halogens is 1. The van der Waals surface area contributed by atoms with Crippen LogP contribution in [0, 0.1) is 0 Å². The first-order valence-electron chi connectivity index (χ1n) is 11.4. The lowest BCUT2D eigenvalue weighted by molar-refractivity contribution is -0.211. The third-order valence-corrected chi connectivity index (χ3v) is 7.13. The maximum atomic E-state index is 11.3. The second kappa shape index (κ2) is 9.78. The number of phenolic OH excluding ortho intramolecular Hbond substituents is 7. The van der Waals surface area contributed by atoms with Crippen LogP contribution >= 0.6 is 11.6 Å². The van der Waals surface area contributed by atoms with Crippen molar-refractivity contribution < 1.29 is 55.9 Å². The number of hydrogen-bond donors (Lipinski definition) is 12. The fraction of sp³-hybridized carbons (Fsp3) is 0.240. The number of anilines is 1. The Morgan fingerprint density at radius 1 is 0.872 bits per heavy atom. The molecule has 3 aromatic rings. The Bertz CT molecular complexity index is 1490. The van der Waals surface area contributed by atoms with Gasteiger partial charge in [0.25, 0.3) is 0 Å². The van der Waals surface area contributed by atoms with E-state index in [0.717, 1.165) is 6.07 Å². The molecule has 0 aromatic heterocycles. The van der Waals surface area contributed by atoms with Gasteiger partial charge in [0.2, 0.25) is 17.4 Å². The molecule has 0 heterocycles. The molecule has 2 atom stereocenters. The molecule has 1 aliphatic carbocycles. The normalized spacial score (nSPS) is 16.4. The Hall–Kier alpha value is -4.30. The van der Waals surface area contributed by atoms with Crippen molar-refractivity contribution >= 4 is 23.3 Å². The van der Waals surface area contributed by atoms with Gasteiger partial charge < -0.3 is 56.4 Å². The third-order valence-electron chi connectivity index (χ3n) is 6.74. The number of aromatic hydroxyl groups is 7. The number of rotatable bonds is 8. The minimum absolute atomic E-state index is 0.0245. The Balaban J connectivity index is 1.54. The molecule has 13 nitrogen and oxygen atoms in total. The number of hydrogen-bond acceptors (Lipinski definition) is 12. The van der Waals surface area contributed by atoms with Crippen molar-refractivity contribution in [2.24, 2.45) is 0 Å². The predicted octanol–water partition coefficient (Wildman–Crippen LogP) is 2.19. The lowest BCUT2D eigenvalue weighted by Crippen LogP contribution is -2.55. The summed E-state index contributed by atoms with van der Waals surface area (Å²) in [6.45, 7) is 1.12. The van der Waals surface area contributed by atoms with Crippen molar-refractivity contribution in [3.8, 4) is 51.4 Å². The van der Waals surface area contributed by atoms with E-state index in [1.165, 1.54) is 18.2 Å². The summed E-state index contributed by atoms with van der Waals surface area (Å²) in [5.74, 6) is -11.7. The van der Waals surface area contributed by atoms with Gasteiger partial charge in [-0.1, -0.05) is 30.7 Å². The van der Waals surface area contributed by atoms with E-state index in [9.17, 15) is 55.9 Å². The fourth-order valence-corrected chi connectivity index (χ4v) is 5.20. The van der Waals surface area contributed by atoms with Crippen molar-refractivity contribution in [2.45, 2.75) is 24.7 Å². The van der Waals surface area contributed by atoms with Gasteiger partial charge in [-0.05, 0) is 29.2 Å². The summed E-state index contributed by atoms with van der Waals surface area (Å²) in [7, 11) is 0. The van der Waals surface area contributed by atoms with E-state index in [-0.39, 0.29) is 45.9 Å². The number of carboxylic acids is 1. The van der Waals surface area contributed by atoms with Gasteiger partial charge in [0, 0.05) is 18.7 Å². The summed E-state index contributed by atoms with van der Waals surface area (Å²) >= 11 is 6.02. The first-order valence-corrected chi connectivity index (χ1v) is 11.8. The van der Waals surface area contributed by atoms with E-state index in [1.54, 1.807) is 6.92 Å². The molecule has 0 spiro atoms. The number of aliphatic hydroxyl groups is 2. The van der Waals surface area contributed by atoms with Gasteiger partial charge in [0.05, 0.1) is 22.1 Å². The Kier molecular flexibility index (Phi) is 6.95. The Morgan fingerprint density at radius 2 is 1.51 bits per heavy atom. The molecule has 0 aliphatic heterocycles. The zero-order valence-corrected chi connectivity index (χ0v) is 20.9. The maximum Gasteiger partial charge on any atom is 0.335 e. The second-order valence-electron chi connectivity index (χ2n) is 9.06. The molecule has 0 amide bonds. The molecule has 2 unspecified atom stereocenters. The summed E-state index contributed by atoms with van der Waals surface area (Å²) < 4.78 is 0. The second-order valence-corrected chi connectivity index (χ2v) is 9.44. The van der Waals surface area contributed by atoms with Crippen LogP contribution in [0.4, 0.5) is 5.69 Å². The molecule has 14 heteroatoms. The molecule has 4 rings (SSSR count). The minimum atomic E-state index is -2.65. The van der Waals surface area contributed by atoms with Crippen molar-refractivity contribution in [2.75, 3.05) is 18.4 Å². The molecule has 0 saturated heterocycles. The number of carbonyl (C=O) groups is 1. The monoisotopic (exact) mass is 564 g/mol. The summed E-state index contributed by atoms with van der Waals surface area (Å²) in [4.78, 5) is 11.3. The number of carboxylic acid groups (broad SMARTS) is 1. The van der Waals surface area contributed by atoms with Gasteiger partial charge >= 0.3 is 5.97 Å². The largest absolute Gasteiger partial charge is 0.505 e. The first-order chi connectivity index (χ1) is 18.2. The van der Waals surface area contributed by atoms with Gasteiger partial charge in [0.15, 0.2) is 28.7 Å². The van der Waals surface area contributed by atoms with Crippen molar-refractivity contribution in [3.05, 3.63) is 46.0 Å². The molecule has 0 saturated carbocycles. The molecule has 12 N–H and O–H groups in total. The Morgan fingerprint density at radius 3 is 2.15 bits per heavy atom. The van der Waals surface area contributed by atoms with Crippen LogP contribution in [0.5, 0.6) is 40.2 Å². The van der Waals surface area contributed by atoms with Crippen molar-refractivity contribution in [1.82, 2.24) is 5.32 Å². The molecule has 0 bridgehead atoms. The van der Waals surface area contributed by atoms with E-state index in [4.69, 9.17) is 11.6 Å². The highest BCUT2D eigenvalue weighted by molar-refractivity contribution is 6.33. The maximum absolute atomic E-state index is 11.3. The van der Waals surface area contributed by atoms with Gasteiger partial charge in [-0.3, -0.25) is 5.32 Å². The lowest BCUT2D eigenvalue weighted by Gasteiger charge is -2.45. The third kappa shape index (κ3) is 4.40. The average molecular weight is 565 g/mol. The summed E-state index contributed by atoms with van der Waals surface area (Å²) in [5, 5.41) is 107. The predicted molar refractivity (Wildman–Crippen MR) is 137 cm³/mol. The standard InChI is InChI=1S/C25H25ClN2O11/c1-8-11-13(19(31)22(34)20(32)15(11)26)14(8)25(38,39)28-6-5-27-16-17(29)12(18(30)23(35)21(16)33)9-3-2-4-10(7-9)24(36)37/h2-4,7-8,14,27-35,38-39H,5-6H2,1H3,(H,36,37). The van der Waals surface area contributed by atoms with E-state index < -0.39 is 69.7 Å². The SMILES string of the molecule is CC1c2c(Cl)c(O)c(O)c(O)c2C1C(O)(O)NCCNc1c(O)c(O)c(O)c(-c2cccc(C(=O)O)c2)c1O. The van der Waals surface area contributed by atoms with Crippen LogP contribution in [-0.2, 0) is 0 Å². The molecular formula is C25H25ClN2O11. The van der Waals surface area contributed by atoms with E-state index >= 15 is 0 Å². The zero-order chi connectivity index (χ0) is 29.0. The van der Waals surface area contributed by atoms with Crippen LogP contribution in [0.3, 0.4) is 0 Å². The molecule has 208 valence electrons. The summed E-state index contributed by atoms with van der Waals surface area (Å²) in [6, 6.07) is 5.14. The number of aromatic carboxylic acids is 1. The van der Waals surface area contributed by atoms with Gasteiger partial charge in [-0.15, -0.1) is 0 Å². The highest BCUT2D eigenvalue weighted by Gasteiger charge is 2.52. The van der Waals surface area contributed by atoms with Gasteiger partial charge in [-0.2, -0.15) is 0 Å². The summed E-state index contributed by atoms with van der Waals surface area (Å²) in [5.41, 5.74) is -0.774. The Labute approximate surface area is 225 Å². The van der Waals surface area contributed by atoms with Gasteiger partial charge in [0.1, 0.15) is 5.69 Å². The van der Waals surface area contributed by atoms with E-state index in [2.05, 4.69) is 10.6 Å². The number of benzene rings is 3. The molecule has 0 fully saturated rings. The fourth-order valence-electron chi connectivity index (χ4n) is 4.84. The lowest BCUT2D eigenvalue weighted by atomic mass is 9.66. The molecule has 1 aliphatic rings. The molecule has 3 aromatic carbocycles. The van der Waals surface area contributed by atoms with E-state index in [1.807, 2.05) is 0 Å². The van der Waals surface area contributed by atoms with Crippen molar-refractivity contribution in [1.29, 1.82) is 0 Å². The molecule has 39 heavy (non-hydrogen) atoms. The van der Waals surface area contributed by atoms with Crippen LogP contribution in [0.25, 0.3) is 11.1 Å². The number of nitrogens with one attached hydrogen (secondary N) is 2. The first kappa shape index (κ1) is 27.7. The average Bonchev–Trinajstić information content (AvgIpc) is 2.88. The van der Waals surface area contributed by atoms with E-state index in [0.29, 0.717) is 0 Å². The smallest absolute Gasteiger partial charge is 0.335 e. The summed E-state index contributed by atoms with van der Waals surface area (Å²) in [6.07, 6.45) is 0. The topological polar surface area (TPSA) is 243 Å². The minimum Gasteiger partial charge on any atom is -0.505 e. The van der Waals surface area contributed by atoms with Crippen molar-refractivity contribution in [3.63, 3.8) is 0 Å². The highest BCUT2D eigenvalue weighted by atomic mass is 35.5. The van der Waals surface area contributed by atoms with Crippen LogP contribution < -0.4 is 10.6 Å². The van der Waals surface area contributed by atoms with Crippen LogP contribution in [0.1, 0.15) is 40.2 Å². The highest BCUT2D eigenvalue weighted by Crippen LogP contribution is 2.62.